The number of nitro groups is 1. The zero-order chi connectivity index (χ0) is 25.8. The molecule has 0 spiro atoms. The van der Waals surface area contributed by atoms with Crippen molar-refractivity contribution in [1.29, 1.82) is 0 Å². The molecule has 4 rings (SSSR count). The van der Waals surface area contributed by atoms with Crippen molar-refractivity contribution in [3.8, 4) is 11.1 Å². The zero-order valence-electron chi connectivity index (χ0n) is 19.4. The second kappa shape index (κ2) is 10.4. The lowest BCUT2D eigenvalue weighted by molar-refractivity contribution is -0.384. The number of carboxylic acids is 1. The summed E-state index contributed by atoms with van der Waals surface area (Å²) in [6, 6.07) is 18.7. The van der Waals surface area contributed by atoms with Crippen LogP contribution in [0.5, 0.6) is 0 Å². The van der Waals surface area contributed by atoms with Gasteiger partial charge in [0.25, 0.3) is 5.69 Å². The van der Waals surface area contributed by atoms with Gasteiger partial charge in [-0.05, 0) is 34.7 Å². The molecule has 0 bridgehead atoms. The van der Waals surface area contributed by atoms with Crippen LogP contribution in [0.4, 0.5) is 5.69 Å². The van der Waals surface area contributed by atoms with Crippen LogP contribution in [-0.4, -0.2) is 40.5 Å². The van der Waals surface area contributed by atoms with Gasteiger partial charge in [0.1, 0.15) is 6.04 Å². The molecule has 0 unspecified atom stereocenters. The number of hydrogen-bond donors (Lipinski definition) is 2. The average molecular weight is 488 g/mol. The molecule has 0 heterocycles. The highest BCUT2D eigenvalue weighted by molar-refractivity contribution is 5.98. The highest BCUT2D eigenvalue weighted by Crippen LogP contribution is 2.44. The molecule has 0 radical (unpaired) electrons. The molecule has 0 saturated carbocycles. The number of nitrogens with one attached hydrogen (secondary N) is 1. The standard InChI is InChI=1S/C27H24N2O7/c1-2-36-23(30)15-22(16-11-13-17(14-12-16)29(34)35)25(27(32)33)28-26(31)24-20-9-5-3-7-18(20)19-8-4-6-10-21(19)24/h3-14,22,24-25H,2,15H2,1H3,(H,28,31)(H,32,33)/t22-,25+/m1/s1. The van der Waals surface area contributed by atoms with E-state index in [-0.39, 0.29) is 18.7 Å². The number of nitrogens with zero attached hydrogens (tertiary/aromatic N) is 1. The van der Waals surface area contributed by atoms with Gasteiger partial charge in [0.05, 0.1) is 23.9 Å². The van der Waals surface area contributed by atoms with Crippen LogP contribution >= 0.6 is 0 Å². The van der Waals surface area contributed by atoms with Crippen LogP contribution in [0.2, 0.25) is 0 Å². The predicted molar refractivity (Wildman–Crippen MR) is 130 cm³/mol. The number of carboxylic acid groups (broad SMARTS) is 1. The minimum atomic E-state index is -1.48. The van der Waals surface area contributed by atoms with Crippen molar-refractivity contribution < 1.29 is 29.2 Å². The van der Waals surface area contributed by atoms with Gasteiger partial charge in [-0.2, -0.15) is 0 Å². The monoisotopic (exact) mass is 488 g/mol. The Labute approximate surface area is 206 Å². The number of ether oxygens (including phenoxy) is 1. The molecule has 184 valence electrons. The number of carbonyl (C=O) groups excluding carboxylic acids is 2. The average Bonchev–Trinajstić information content (AvgIpc) is 3.21. The maximum atomic E-state index is 13.6. The van der Waals surface area contributed by atoms with E-state index in [0.29, 0.717) is 5.56 Å². The third-order valence-electron chi connectivity index (χ3n) is 6.29. The van der Waals surface area contributed by atoms with E-state index < -0.39 is 40.6 Å². The third kappa shape index (κ3) is 4.81. The van der Waals surface area contributed by atoms with Crippen LogP contribution in [-0.2, 0) is 19.1 Å². The minimum Gasteiger partial charge on any atom is -0.480 e. The SMILES string of the molecule is CCOC(=O)C[C@H](c1ccc([N+](=O)[O-])cc1)[C@H](NC(=O)C1c2ccccc2-c2ccccc21)C(=O)O. The number of amides is 1. The number of nitro benzene ring substituents is 1. The van der Waals surface area contributed by atoms with Crippen LogP contribution < -0.4 is 5.32 Å². The van der Waals surface area contributed by atoms with Crippen molar-refractivity contribution in [3.63, 3.8) is 0 Å². The smallest absolute Gasteiger partial charge is 0.326 e. The summed E-state index contributed by atoms with van der Waals surface area (Å²) in [5, 5.41) is 23.8. The molecular formula is C27H24N2O7. The molecule has 2 atom stereocenters. The first-order valence-electron chi connectivity index (χ1n) is 11.4. The van der Waals surface area contributed by atoms with Crippen molar-refractivity contribution in [2.24, 2.45) is 0 Å². The summed E-state index contributed by atoms with van der Waals surface area (Å²) < 4.78 is 5.03. The predicted octanol–water partition coefficient (Wildman–Crippen LogP) is 4.01. The Morgan fingerprint density at radius 1 is 0.972 bits per heavy atom. The molecule has 36 heavy (non-hydrogen) atoms. The Kier molecular flexibility index (Phi) is 7.10. The lowest BCUT2D eigenvalue weighted by Gasteiger charge is -2.26. The zero-order valence-corrected chi connectivity index (χ0v) is 19.4. The van der Waals surface area contributed by atoms with Gasteiger partial charge in [-0.25, -0.2) is 4.79 Å². The van der Waals surface area contributed by atoms with E-state index >= 15 is 0 Å². The molecule has 0 fully saturated rings. The number of carbonyl (C=O) groups is 3. The Morgan fingerprint density at radius 2 is 1.53 bits per heavy atom. The Balaban J connectivity index is 1.69. The van der Waals surface area contributed by atoms with E-state index in [0.717, 1.165) is 22.3 Å². The van der Waals surface area contributed by atoms with Crippen molar-refractivity contribution in [2.45, 2.75) is 31.2 Å². The topological polar surface area (TPSA) is 136 Å². The second-order valence-corrected chi connectivity index (χ2v) is 8.40. The highest BCUT2D eigenvalue weighted by Gasteiger charge is 2.38. The van der Waals surface area contributed by atoms with Crippen LogP contribution in [0.3, 0.4) is 0 Å². The molecule has 3 aromatic carbocycles. The Hall–Kier alpha value is -4.53. The van der Waals surface area contributed by atoms with Gasteiger partial charge in [0.15, 0.2) is 0 Å². The van der Waals surface area contributed by atoms with E-state index in [1.165, 1.54) is 24.3 Å². The van der Waals surface area contributed by atoms with Crippen molar-refractivity contribution in [2.75, 3.05) is 6.61 Å². The third-order valence-corrected chi connectivity index (χ3v) is 6.29. The van der Waals surface area contributed by atoms with Gasteiger partial charge >= 0.3 is 11.9 Å². The fourth-order valence-electron chi connectivity index (χ4n) is 4.68. The Morgan fingerprint density at radius 3 is 2.03 bits per heavy atom. The number of esters is 1. The first-order chi connectivity index (χ1) is 17.3. The van der Waals surface area contributed by atoms with Crippen LogP contribution in [0.15, 0.2) is 72.8 Å². The van der Waals surface area contributed by atoms with Crippen LogP contribution in [0, 0.1) is 10.1 Å². The molecule has 1 aliphatic carbocycles. The number of non-ortho nitro benzene ring substituents is 1. The molecule has 0 saturated heterocycles. The molecule has 2 N–H and O–H groups in total. The summed E-state index contributed by atoms with van der Waals surface area (Å²) in [4.78, 5) is 48.8. The van der Waals surface area contributed by atoms with Gasteiger partial charge < -0.3 is 15.2 Å². The molecule has 0 aromatic heterocycles. The molecule has 1 amide bonds. The quantitative estimate of drug-likeness (QED) is 0.264. The van der Waals surface area contributed by atoms with Crippen LogP contribution in [0.1, 0.15) is 41.9 Å². The first kappa shape index (κ1) is 24.6. The molecule has 1 aliphatic rings. The molecule has 0 aliphatic heterocycles. The van der Waals surface area contributed by atoms with E-state index in [1.54, 1.807) is 6.92 Å². The molecule has 3 aromatic rings. The van der Waals surface area contributed by atoms with Gasteiger partial charge in [-0.1, -0.05) is 60.7 Å². The van der Waals surface area contributed by atoms with Gasteiger partial charge in [0.2, 0.25) is 5.91 Å². The summed E-state index contributed by atoms with van der Waals surface area (Å²) in [7, 11) is 0. The van der Waals surface area contributed by atoms with Gasteiger partial charge in [-0.3, -0.25) is 19.7 Å². The van der Waals surface area contributed by atoms with Gasteiger partial charge in [0, 0.05) is 18.1 Å². The fraction of sp³-hybridized carbons (Fsp3) is 0.222. The normalized spacial score (nSPS) is 13.7. The van der Waals surface area contributed by atoms with Crippen LogP contribution in [0.25, 0.3) is 11.1 Å². The first-order valence-corrected chi connectivity index (χ1v) is 11.4. The highest BCUT2D eigenvalue weighted by atomic mass is 16.6. The Bertz CT molecular complexity index is 1270. The molecule has 9 nitrogen and oxygen atoms in total. The number of hydrogen-bond acceptors (Lipinski definition) is 6. The van der Waals surface area contributed by atoms with E-state index in [1.807, 2.05) is 48.5 Å². The second-order valence-electron chi connectivity index (χ2n) is 8.40. The lowest BCUT2D eigenvalue weighted by atomic mass is 9.87. The van der Waals surface area contributed by atoms with Crippen molar-refractivity contribution in [3.05, 3.63) is 99.6 Å². The summed E-state index contributed by atoms with van der Waals surface area (Å²) in [5.74, 6) is -4.23. The van der Waals surface area contributed by atoms with E-state index in [4.69, 9.17) is 4.74 Å². The summed E-state index contributed by atoms with van der Waals surface area (Å²) in [5.41, 5.74) is 3.50. The van der Waals surface area contributed by atoms with Crippen molar-refractivity contribution in [1.82, 2.24) is 5.32 Å². The number of benzene rings is 3. The van der Waals surface area contributed by atoms with Gasteiger partial charge in [-0.15, -0.1) is 0 Å². The van der Waals surface area contributed by atoms with E-state index in [2.05, 4.69) is 5.32 Å². The maximum absolute atomic E-state index is 13.6. The summed E-state index contributed by atoms with van der Waals surface area (Å²) in [6.45, 7) is 1.73. The summed E-state index contributed by atoms with van der Waals surface area (Å²) >= 11 is 0. The lowest BCUT2D eigenvalue weighted by Crippen LogP contribution is -2.47. The number of aliphatic carboxylic acids is 1. The molecular weight excluding hydrogens is 464 g/mol. The van der Waals surface area contributed by atoms with Crippen molar-refractivity contribution >= 4 is 23.5 Å². The largest absolute Gasteiger partial charge is 0.480 e. The fourth-order valence-corrected chi connectivity index (χ4v) is 4.68. The van der Waals surface area contributed by atoms with E-state index in [9.17, 15) is 29.6 Å². The maximum Gasteiger partial charge on any atom is 0.326 e. The molecule has 9 heteroatoms. The number of rotatable bonds is 9. The minimum absolute atomic E-state index is 0.103. The summed E-state index contributed by atoms with van der Waals surface area (Å²) in [6.07, 6.45) is -0.333. The number of fused-ring (bicyclic) bond motifs is 3.